The summed E-state index contributed by atoms with van der Waals surface area (Å²) in [6.45, 7) is 3.28. The van der Waals surface area contributed by atoms with Gasteiger partial charge in [0, 0.05) is 18.2 Å². The van der Waals surface area contributed by atoms with Gasteiger partial charge in [0.15, 0.2) is 5.82 Å². The van der Waals surface area contributed by atoms with E-state index in [1.807, 2.05) is 0 Å². The number of aromatic nitrogens is 5. The molecule has 0 saturated heterocycles. The summed E-state index contributed by atoms with van der Waals surface area (Å²) in [6, 6.07) is 1.34. The monoisotopic (exact) mass is 313 g/mol. The van der Waals surface area contributed by atoms with Crippen LogP contribution in [-0.2, 0) is 11.0 Å². The molecular weight excluding hydrogens is 299 g/mol. The van der Waals surface area contributed by atoms with E-state index in [0.29, 0.717) is 17.6 Å². The van der Waals surface area contributed by atoms with Gasteiger partial charge in [-0.2, -0.15) is 17.9 Å². The molecule has 0 atom stereocenters. The van der Waals surface area contributed by atoms with E-state index in [9.17, 15) is 18.0 Å². The van der Waals surface area contributed by atoms with Crippen LogP contribution in [0.2, 0.25) is 0 Å². The third kappa shape index (κ3) is 4.09. The largest absolute Gasteiger partial charge is 0.451 e. The Kier molecular flexibility index (Phi) is 4.53. The van der Waals surface area contributed by atoms with Gasteiger partial charge < -0.3 is 4.79 Å². The minimum Gasteiger partial charge on any atom is -0.303 e. The van der Waals surface area contributed by atoms with Crippen molar-refractivity contribution in [3.8, 4) is 5.82 Å². The maximum absolute atomic E-state index is 12.4. The Bertz CT molecular complexity index is 664. The molecule has 6 nitrogen and oxygen atoms in total. The topological polar surface area (TPSA) is 73.6 Å². The van der Waals surface area contributed by atoms with Gasteiger partial charge in [0.2, 0.25) is 5.82 Å². The van der Waals surface area contributed by atoms with Gasteiger partial charge in [-0.25, -0.2) is 15.0 Å². The lowest BCUT2D eigenvalue weighted by Crippen LogP contribution is -2.13. The molecule has 118 valence electrons. The van der Waals surface area contributed by atoms with Crippen molar-refractivity contribution in [3.05, 3.63) is 29.7 Å². The fourth-order valence-electron chi connectivity index (χ4n) is 1.57. The number of halogens is 3. The minimum atomic E-state index is -4.57. The SMILES string of the molecule is Cc1nc(C)n(-c2ccnc(C(F)(F)F)n2)n1.O=CC1CC1. The molecule has 1 fully saturated rings. The fraction of sp³-hybridized carbons (Fsp3) is 0.462. The van der Waals surface area contributed by atoms with Gasteiger partial charge in [-0.1, -0.05) is 0 Å². The van der Waals surface area contributed by atoms with Crippen molar-refractivity contribution in [3.63, 3.8) is 0 Å². The predicted molar refractivity (Wildman–Crippen MR) is 70.2 cm³/mol. The molecular formula is C13H14F3N5O. The zero-order valence-corrected chi connectivity index (χ0v) is 12.0. The molecule has 3 rings (SSSR count). The average molecular weight is 313 g/mol. The normalized spacial score (nSPS) is 14.2. The first-order chi connectivity index (χ1) is 10.3. The molecule has 0 unspecified atom stereocenters. The first-order valence-electron chi connectivity index (χ1n) is 6.57. The summed E-state index contributed by atoms with van der Waals surface area (Å²) in [7, 11) is 0. The van der Waals surface area contributed by atoms with Crippen molar-refractivity contribution in [1.29, 1.82) is 0 Å². The van der Waals surface area contributed by atoms with Crippen molar-refractivity contribution in [2.24, 2.45) is 5.92 Å². The third-order valence-electron chi connectivity index (χ3n) is 2.80. The number of hydrogen-bond acceptors (Lipinski definition) is 5. The van der Waals surface area contributed by atoms with E-state index in [1.165, 1.54) is 10.7 Å². The quantitative estimate of drug-likeness (QED) is 0.795. The molecule has 0 radical (unpaired) electrons. The van der Waals surface area contributed by atoms with Gasteiger partial charge in [-0.3, -0.25) is 0 Å². The standard InChI is InChI=1S/C9H8F3N5.C4H6O/c1-5-14-6(2)17(16-5)7-3-4-13-8(15-7)9(10,11)12;5-3-4-1-2-4/h3-4H,1-2H3;3-4H,1-2H2. The van der Waals surface area contributed by atoms with Crippen LogP contribution in [-0.4, -0.2) is 31.0 Å². The molecule has 9 heteroatoms. The first kappa shape index (κ1) is 16.1. The Balaban J connectivity index is 0.000000299. The van der Waals surface area contributed by atoms with E-state index < -0.39 is 12.0 Å². The summed E-state index contributed by atoms with van der Waals surface area (Å²) < 4.78 is 38.5. The number of carbonyl (C=O) groups is 1. The van der Waals surface area contributed by atoms with E-state index in [4.69, 9.17) is 0 Å². The Labute approximate surface area is 124 Å². The smallest absolute Gasteiger partial charge is 0.303 e. The molecule has 1 aliphatic rings. The summed E-state index contributed by atoms with van der Waals surface area (Å²) >= 11 is 0. The van der Waals surface area contributed by atoms with E-state index >= 15 is 0 Å². The van der Waals surface area contributed by atoms with Crippen LogP contribution < -0.4 is 0 Å². The summed E-state index contributed by atoms with van der Waals surface area (Å²) in [6.07, 6.45) is -0.214. The van der Waals surface area contributed by atoms with Crippen LogP contribution >= 0.6 is 0 Å². The lowest BCUT2D eigenvalue weighted by atomic mass is 10.5. The minimum absolute atomic E-state index is 0.0467. The van der Waals surface area contributed by atoms with Gasteiger partial charge >= 0.3 is 6.18 Å². The lowest BCUT2D eigenvalue weighted by molar-refractivity contribution is -0.145. The van der Waals surface area contributed by atoms with Crippen LogP contribution in [0.5, 0.6) is 0 Å². The molecule has 0 N–H and O–H groups in total. The van der Waals surface area contributed by atoms with Gasteiger partial charge in [0.25, 0.3) is 0 Å². The van der Waals surface area contributed by atoms with Crippen molar-refractivity contribution >= 4 is 6.29 Å². The first-order valence-corrected chi connectivity index (χ1v) is 6.57. The van der Waals surface area contributed by atoms with Crippen molar-refractivity contribution in [2.45, 2.75) is 32.9 Å². The third-order valence-corrected chi connectivity index (χ3v) is 2.80. The number of rotatable bonds is 2. The molecule has 2 aromatic rings. The average Bonchev–Trinajstić information content (AvgIpc) is 3.23. The highest BCUT2D eigenvalue weighted by Gasteiger charge is 2.34. The molecule has 0 bridgehead atoms. The number of aryl methyl sites for hydroxylation is 2. The number of hydrogen-bond donors (Lipinski definition) is 0. The summed E-state index contributed by atoms with van der Waals surface area (Å²) in [5, 5.41) is 3.95. The molecule has 2 heterocycles. The van der Waals surface area contributed by atoms with Crippen LogP contribution in [0.1, 0.15) is 30.3 Å². The van der Waals surface area contributed by atoms with Gasteiger partial charge in [-0.05, 0) is 26.7 Å². The Morgan fingerprint density at radius 3 is 2.36 bits per heavy atom. The van der Waals surface area contributed by atoms with E-state index in [1.54, 1.807) is 13.8 Å². The number of alkyl halides is 3. The van der Waals surface area contributed by atoms with Crippen molar-refractivity contribution in [1.82, 2.24) is 24.7 Å². The summed E-state index contributed by atoms with van der Waals surface area (Å²) in [5.41, 5.74) is 0. The zero-order valence-electron chi connectivity index (χ0n) is 12.0. The maximum Gasteiger partial charge on any atom is 0.451 e. The highest BCUT2D eigenvalue weighted by atomic mass is 19.4. The Hall–Kier alpha value is -2.32. The highest BCUT2D eigenvalue weighted by Crippen LogP contribution is 2.26. The number of nitrogens with zero attached hydrogens (tertiary/aromatic N) is 5. The van der Waals surface area contributed by atoms with Crippen LogP contribution in [0.4, 0.5) is 13.2 Å². The Morgan fingerprint density at radius 2 is 1.95 bits per heavy atom. The molecule has 0 spiro atoms. The van der Waals surface area contributed by atoms with Gasteiger partial charge in [0.1, 0.15) is 17.9 Å². The lowest BCUT2D eigenvalue weighted by Gasteiger charge is -2.06. The van der Waals surface area contributed by atoms with Gasteiger partial charge in [0.05, 0.1) is 0 Å². The second-order valence-corrected chi connectivity index (χ2v) is 4.83. The zero-order chi connectivity index (χ0) is 16.3. The van der Waals surface area contributed by atoms with Gasteiger partial charge in [-0.15, -0.1) is 5.10 Å². The maximum atomic E-state index is 12.4. The molecule has 1 aliphatic carbocycles. The summed E-state index contributed by atoms with van der Waals surface area (Å²) in [5.74, 6) is 0.243. The fourth-order valence-corrected chi connectivity index (χ4v) is 1.57. The van der Waals surface area contributed by atoms with Crippen molar-refractivity contribution in [2.75, 3.05) is 0 Å². The van der Waals surface area contributed by atoms with Crippen LogP contribution in [0.3, 0.4) is 0 Å². The number of aldehydes is 1. The molecule has 0 aromatic carbocycles. The van der Waals surface area contributed by atoms with Crippen LogP contribution in [0.25, 0.3) is 5.82 Å². The van der Waals surface area contributed by atoms with Crippen LogP contribution in [0, 0.1) is 19.8 Å². The molecule has 2 aromatic heterocycles. The van der Waals surface area contributed by atoms with Crippen molar-refractivity contribution < 1.29 is 18.0 Å². The molecule has 1 saturated carbocycles. The second-order valence-electron chi connectivity index (χ2n) is 4.83. The molecule has 0 aliphatic heterocycles. The van der Waals surface area contributed by atoms with E-state index in [2.05, 4.69) is 20.1 Å². The van der Waals surface area contributed by atoms with E-state index in [-0.39, 0.29) is 5.82 Å². The highest BCUT2D eigenvalue weighted by molar-refractivity contribution is 5.56. The Morgan fingerprint density at radius 1 is 1.27 bits per heavy atom. The molecule has 22 heavy (non-hydrogen) atoms. The van der Waals surface area contributed by atoms with Crippen LogP contribution in [0.15, 0.2) is 12.3 Å². The van der Waals surface area contributed by atoms with E-state index in [0.717, 1.165) is 25.3 Å². The number of carbonyl (C=O) groups excluding carboxylic acids is 1. The summed E-state index contributed by atoms with van der Waals surface area (Å²) in [4.78, 5) is 20.1. The second kappa shape index (κ2) is 6.20. The predicted octanol–water partition coefficient (Wildman–Crippen LogP) is 2.29. The molecule has 0 amide bonds.